The van der Waals surface area contributed by atoms with Crippen LogP contribution in [0.15, 0.2) is 18.2 Å². The molecular formula is C12H10ClNO4. The van der Waals surface area contributed by atoms with Crippen LogP contribution in [-0.4, -0.2) is 31.3 Å². The van der Waals surface area contributed by atoms with E-state index in [9.17, 15) is 14.4 Å². The van der Waals surface area contributed by atoms with Crippen molar-refractivity contribution in [3.8, 4) is 0 Å². The highest BCUT2D eigenvalue weighted by atomic mass is 35.5. The number of esters is 1. The zero-order valence-corrected chi connectivity index (χ0v) is 10.4. The lowest BCUT2D eigenvalue weighted by atomic mass is 10.1. The molecule has 0 radical (unpaired) electrons. The molecule has 6 heteroatoms. The van der Waals surface area contributed by atoms with Gasteiger partial charge in [0, 0.05) is 5.02 Å². The lowest BCUT2D eigenvalue weighted by molar-refractivity contribution is -0.121. The molecule has 1 aromatic carbocycles. The van der Waals surface area contributed by atoms with Crippen LogP contribution in [0.3, 0.4) is 0 Å². The van der Waals surface area contributed by atoms with Gasteiger partial charge in [-0.2, -0.15) is 0 Å². The number of ketones is 1. The Morgan fingerprint density at radius 1 is 1.39 bits per heavy atom. The summed E-state index contributed by atoms with van der Waals surface area (Å²) in [7, 11) is 1.25. The number of rotatable bonds is 2. The molecule has 1 aromatic rings. The van der Waals surface area contributed by atoms with Gasteiger partial charge in [0.05, 0.1) is 31.3 Å². The number of benzene rings is 1. The second-order valence-corrected chi connectivity index (χ2v) is 4.28. The number of carbonyl (C=O) groups is 3. The predicted octanol–water partition coefficient (Wildman–Crippen LogP) is 1.43. The van der Waals surface area contributed by atoms with E-state index in [1.54, 1.807) is 0 Å². The first kappa shape index (κ1) is 12.6. The Kier molecular flexibility index (Phi) is 3.34. The Morgan fingerprint density at radius 2 is 2.11 bits per heavy atom. The molecule has 0 N–H and O–H groups in total. The molecule has 1 heterocycles. The molecule has 1 saturated heterocycles. The molecule has 0 saturated carbocycles. The second-order valence-electron chi connectivity index (χ2n) is 3.85. The minimum atomic E-state index is -0.575. The molecule has 94 valence electrons. The van der Waals surface area contributed by atoms with Crippen molar-refractivity contribution in [3.05, 3.63) is 28.8 Å². The van der Waals surface area contributed by atoms with Crippen molar-refractivity contribution in [1.82, 2.24) is 0 Å². The van der Waals surface area contributed by atoms with Crippen LogP contribution in [0.5, 0.6) is 0 Å². The number of Topliss-reactive ketones (excluding diaryl/α,β-unsaturated/α-hetero) is 1. The quantitative estimate of drug-likeness (QED) is 0.601. The smallest absolute Gasteiger partial charge is 0.339 e. The molecule has 0 unspecified atom stereocenters. The van der Waals surface area contributed by atoms with Gasteiger partial charge in [0.25, 0.3) is 0 Å². The van der Waals surface area contributed by atoms with Crippen LogP contribution in [0.25, 0.3) is 0 Å². The van der Waals surface area contributed by atoms with E-state index in [1.165, 1.54) is 30.2 Å². The van der Waals surface area contributed by atoms with Crippen LogP contribution in [-0.2, 0) is 14.3 Å². The summed E-state index contributed by atoms with van der Waals surface area (Å²) < 4.78 is 4.63. The summed E-state index contributed by atoms with van der Waals surface area (Å²) in [5, 5.41) is 0.379. The molecule has 1 amide bonds. The maximum Gasteiger partial charge on any atom is 0.339 e. The number of hydrogen-bond donors (Lipinski definition) is 0. The monoisotopic (exact) mass is 267 g/mol. The number of halogens is 1. The fourth-order valence-corrected chi connectivity index (χ4v) is 1.98. The van der Waals surface area contributed by atoms with Gasteiger partial charge in [-0.1, -0.05) is 11.6 Å². The van der Waals surface area contributed by atoms with Gasteiger partial charge in [0.15, 0.2) is 5.78 Å². The van der Waals surface area contributed by atoms with Crippen LogP contribution < -0.4 is 4.90 Å². The Hall–Kier alpha value is -1.88. The lowest BCUT2D eigenvalue weighted by Gasteiger charge is -2.18. The lowest BCUT2D eigenvalue weighted by Crippen LogP contribution is -2.26. The molecule has 0 spiro atoms. The SMILES string of the molecule is COC(=O)c1ccc(Cl)cc1N1CC(=O)CC1=O. The van der Waals surface area contributed by atoms with Crippen LogP contribution in [0.2, 0.25) is 5.02 Å². The summed E-state index contributed by atoms with van der Waals surface area (Å²) in [5.41, 5.74) is 0.523. The summed E-state index contributed by atoms with van der Waals surface area (Å²) in [6.07, 6.45) is -0.146. The molecule has 0 atom stereocenters. The van der Waals surface area contributed by atoms with Crippen molar-refractivity contribution in [2.75, 3.05) is 18.6 Å². The third-order valence-corrected chi connectivity index (χ3v) is 2.87. The van der Waals surface area contributed by atoms with E-state index in [0.29, 0.717) is 10.7 Å². The molecule has 1 fully saturated rings. The Bertz CT molecular complexity index is 541. The number of carbonyl (C=O) groups excluding carboxylic acids is 3. The van der Waals surface area contributed by atoms with Crippen molar-refractivity contribution in [1.29, 1.82) is 0 Å². The minimum absolute atomic E-state index is 0.0385. The van der Waals surface area contributed by atoms with E-state index in [1.807, 2.05) is 0 Å². The third kappa shape index (κ3) is 2.22. The van der Waals surface area contributed by atoms with Crippen LogP contribution >= 0.6 is 11.6 Å². The molecule has 0 aromatic heterocycles. The molecule has 2 rings (SSSR count). The number of ether oxygens (including phenoxy) is 1. The second kappa shape index (κ2) is 4.78. The van der Waals surface area contributed by atoms with E-state index >= 15 is 0 Å². The molecule has 0 aliphatic carbocycles. The summed E-state index contributed by atoms with van der Waals surface area (Å²) in [6, 6.07) is 4.48. The van der Waals surface area contributed by atoms with Crippen molar-refractivity contribution in [3.63, 3.8) is 0 Å². The van der Waals surface area contributed by atoms with Gasteiger partial charge in [-0.15, -0.1) is 0 Å². The Balaban J connectivity index is 2.48. The van der Waals surface area contributed by atoms with E-state index in [0.717, 1.165) is 0 Å². The van der Waals surface area contributed by atoms with E-state index in [2.05, 4.69) is 4.74 Å². The molecule has 0 bridgehead atoms. The molecule has 1 aliphatic rings. The summed E-state index contributed by atoms with van der Waals surface area (Å²) in [6.45, 7) is -0.0385. The molecule has 1 aliphatic heterocycles. The van der Waals surface area contributed by atoms with Gasteiger partial charge in [0.2, 0.25) is 5.91 Å². The number of methoxy groups -OCH3 is 1. The highest BCUT2D eigenvalue weighted by Gasteiger charge is 2.31. The standard InChI is InChI=1S/C12H10ClNO4/c1-18-12(17)9-3-2-7(13)4-10(9)14-6-8(15)5-11(14)16/h2-4H,5-6H2,1H3. The number of hydrogen-bond acceptors (Lipinski definition) is 4. The Morgan fingerprint density at radius 3 is 2.67 bits per heavy atom. The number of nitrogens with zero attached hydrogens (tertiary/aromatic N) is 1. The maximum atomic E-state index is 11.7. The fourth-order valence-electron chi connectivity index (χ4n) is 1.81. The van der Waals surface area contributed by atoms with Crippen molar-refractivity contribution >= 4 is 34.9 Å². The maximum absolute atomic E-state index is 11.7. The normalized spacial score (nSPS) is 15.1. The highest BCUT2D eigenvalue weighted by Crippen LogP contribution is 2.28. The zero-order valence-electron chi connectivity index (χ0n) is 9.60. The van der Waals surface area contributed by atoms with E-state index in [-0.39, 0.29) is 30.2 Å². The topological polar surface area (TPSA) is 63.7 Å². The van der Waals surface area contributed by atoms with Crippen LogP contribution in [0, 0.1) is 0 Å². The van der Waals surface area contributed by atoms with Gasteiger partial charge in [-0.3, -0.25) is 9.59 Å². The summed E-state index contributed by atoms with van der Waals surface area (Å²) >= 11 is 5.85. The largest absolute Gasteiger partial charge is 0.465 e. The molecule has 18 heavy (non-hydrogen) atoms. The van der Waals surface area contributed by atoms with Crippen LogP contribution in [0.4, 0.5) is 5.69 Å². The van der Waals surface area contributed by atoms with Gasteiger partial charge >= 0.3 is 5.97 Å². The summed E-state index contributed by atoms with van der Waals surface area (Å²) in [5.74, 6) is -1.10. The van der Waals surface area contributed by atoms with Gasteiger partial charge in [-0.05, 0) is 18.2 Å². The third-order valence-electron chi connectivity index (χ3n) is 2.64. The number of amides is 1. The van der Waals surface area contributed by atoms with Crippen LogP contribution in [0.1, 0.15) is 16.8 Å². The van der Waals surface area contributed by atoms with Crippen molar-refractivity contribution in [2.45, 2.75) is 6.42 Å². The molecule has 5 nitrogen and oxygen atoms in total. The zero-order chi connectivity index (χ0) is 13.3. The van der Waals surface area contributed by atoms with Gasteiger partial charge < -0.3 is 9.64 Å². The predicted molar refractivity (Wildman–Crippen MR) is 64.8 cm³/mol. The highest BCUT2D eigenvalue weighted by molar-refractivity contribution is 6.31. The van der Waals surface area contributed by atoms with E-state index < -0.39 is 5.97 Å². The average molecular weight is 268 g/mol. The first-order valence-electron chi connectivity index (χ1n) is 5.23. The van der Waals surface area contributed by atoms with Crippen molar-refractivity contribution < 1.29 is 19.1 Å². The minimum Gasteiger partial charge on any atom is -0.465 e. The van der Waals surface area contributed by atoms with Crippen molar-refractivity contribution in [2.24, 2.45) is 0 Å². The first-order valence-corrected chi connectivity index (χ1v) is 5.60. The Labute approximate surface area is 108 Å². The summed E-state index contributed by atoms with van der Waals surface area (Å²) in [4.78, 5) is 35.8. The van der Waals surface area contributed by atoms with E-state index in [4.69, 9.17) is 11.6 Å². The van der Waals surface area contributed by atoms with Gasteiger partial charge in [-0.25, -0.2) is 4.79 Å². The molecular weight excluding hydrogens is 258 g/mol. The van der Waals surface area contributed by atoms with Gasteiger partial charge in [0.1, 0.15) is 0 Å². The fraction of sp³-hybridized carbons (Fsp3) is 0.250. The first-order chi connectivity index (χ1) is 8.52. The average Bonchev–Trinajstić information content (AvgIpc) is 2.67. The number of anilines is 1.